The normalized spacial score (nSPS) is 10.9. The molecule has 152 valence electrons. The minimum Gasteiger partial charge on any atom is -0.337 e. The lowest BCUT2D eigenvalue weighted by Crippen LogP contribution is -2.07. The van der Waals surface area contributed by atoms with Crippen molar-refractivity contribution in [2.45, 2.75) is 6.92 Å². The van der Waals surface area contributed by atoms with Gasteiger partial charge >= 0.3 is 0 Å². The maximum Gasteiger partial charge on any atom is 0.175 e. The molecule has 0 unspecified atom stereocenters. The molecule has 2 N–H and O–H groups in total. The van der Waals surface area contributed by atoms with Crippen LogP contribution in [0.15, 0.2) is 89.4 Å². The van der Waals surface area contributed by atoms with Crippen molar-refractivity contribution in [3.63, 3.8) is 0 Å². The highest BCUT2D eigenvalue weighted by atomic mass is 79.9. The number of anilines is 4. The van der Waals surface area contributed by atoms with E-state index in [9.17, 15) is 0 Å². The SMILES string of the molecule is Cc1cc(Nc2nc3ccccc3nc2Nc2ccc(Br)cc2)n(-c2ccccc2)n1. The molecule has 0 bridgehead atoms. The second-order valence-corrected chi connectivity index (χ2v) is 8.00. The van der Waals surface area contributed by atoms with Gasteiger partial charge in [-0.1, -0.05) is 46.3 Å². The number of nitrogens with one attached hydrogen (secondary N) is 2. The standard InChI is InChI=1S/C24H19BrN6/c1-16-15-22(31(30-16)19-7-3-2-4-8-19)29-24-23(26-18-13-11-17(25)12-14-18)27-20-9-5-6-10-21(20)28-24/h2-15H,1H3,(H,26,27)(H,28,29). The lowest BCUT2D eigenvalue weighted by Gasteiger charge is -2.14. The average molecular weight is 471 g/mol. The Bertz CT molecular complexity index is 1350. The van der Waals surface area contributed by atoms with E-state index in [-0.39, 0.29) is 0 Å². The number of fused-ring (bicyclic) bond motifs is 1. The zero-order valence-corrected chi connectivity index (χ0v) is 18.3. The van der Waals surface area contributed by atoms with E-state index >= 15 is 0 Å². The van der Waals surface area contributed by atoms with Crippen molar-refractivity contribution in [1.29, 1.82) is 0 Å². The molecule has 0 fully saturated rings. The van der Waals surface area contributed by atoms with E-state index in [1.807, 2.05) is 96.5 Å². The Morgan fingerprint density at radius 3 is 2.03 bits per heavy atom. The zero-order valence-electron chi connectivity index (χ0n) is 16.7. The Kier molecular flexibility index (Phi) is 5.09. The molecule has 2 heterocycles. The molecule has 0 saturated carbocycles. The van der Waals surface area contributed by atoms with Gasteiger partial charge in [-0.3, -0.25) is 0 Å². The van der Waals surface area contributed by atoms with E-state index in [1.165, 1.54) is 0 Å². The number of aryl methyl sites for hydroxylation is 1. The number of hydrogen-bond donors (Lipinski definition) is 2. The fourth-order valence-corrected chi connectivity index (χ4v) is 3.58. The molecule has 0 saturated heterocycles. The van der Waals surface area contributed by atoms with Gasteiger partial charge in [-0.2, -0.15) is 5.10 Å². The van der Waals surface area contributed by atoms with Gasteiger partial charge in [-0.25, -0.2) is 14.6 Å². The van der Waals surface area contributed by atoms with Crippen molar-refractivity contribution in [1.82, 2.24) is 19.7 Å². The molecular weight excluding hydrogens is 452 g/mol. The monoisotopic (exact) mass is 470 g/mol. The van der Waals surface area contributed by atoms with Crippen molar-refractivity contribution in [3.05, 3.63) is 95.1 Å². The highest BCUT2D eigenvalue weighted by Crippen LogP contribution is 2.29. The summed E-state index contributed by atoms with van der Waals surface area (Å²) in [4.78, 5) is 9.66. The van der Waals surface area contributed by atoms with Crippen LogP contribution in [0.1, 0.15) is 5.69 Å². The third-order valence-corrected chi connectivity index (χ3v) is 5.28. The van der Waals surface area contributed by atoms with Crippen molar-refractivity contribution < 1.29 is 0 Å². The van der Waals surface area contributed by atoms with Crippen LogP contribution in [0.4, 0.5) is 23.1 Å². The molecule has 0 radical (unpaired) electrons. The Balaban J connectivity index is 1.58. The van der Waals surface area contributed by atoms with Gasteiger partial charge in [0.05, 0.1) is 22.4 Å². The first kappa shape index (κ1) is 19.3. The molecule has 0 aliphatic rings. The Morgan fingerprint density at radius 1 is 0.742 bits per heavy atom. The number of nitrogens with zero attached hydrogens (tertiary/aromatic N) is 4. The third kappa shape index (κ3) is 4.13. The van der Waals surface area contributed by atoms with Crippen LogP contribution >= 0.6 is 15.9 Å². The first-order valence-corrected chi connectivity index (χ1v) is 10.6. The number of para-hydroxylation sites is 3. The van der Waals surface area contributed by atoms with Crippen LogP contribution < -0.4 is 10.6 Å². The van der Waals surface area contributed by atoms with Crippen molar-refractivity contribution in [2.75, 3.05) is 10.6 Å². The summed E-state index contributed by atoms with van der Waals surface area (Å²) in [6, 6.07) is 27.8. The molecule has 0 aliphatic carbocycles. The van der Waals surface area contributed by atoms with E-state index < -0.39 is 0 Å². The second-order valence-electron chi connectivity index (χ2n) is 7.08. The van der Waals surface area contributed by atoms with Crippen molar-refractivity contribution >= 4 is 50.1 Å². The number of aromatic nitrogens is 4. The smallest absolute Gasteiger partial charge is 0.175 e. The van der Waals surface area contributed by atoms with Gasteiger partial charge in [0.15, 0.2) is 11.6 Å². The van der Waals surface area contributed by atoms with Crippen LogP contribution in [0.2, 0.25) is 0 Å². The molecule has 6 nitrogen and oxygen atoms in total. The molecule has 3 aromatic carbocycles. The molecule has 0 spiro atoms. The first-order valence-electron chi connectivity index (χ1n) is 9.84. The van der Waals surface area contributed by atoms with E-state index in [0.717, 1.165) is 38.4 Å². The molecular formula is C24H19BrN6. The zero-order chi connectivity index (χ0) is 21.2. The van der Waals surface area contributed by atoms with E-state index in [2.05, 4.69) is 31.7 Å². The quantitative estimate of drug-likeness (QED) is 0.312. The van der Waals surface area contributed by atoms with Crippen LogP contribution in [-0.4, -0.2) is 19.7 Å². The Labute approximate surface area is 188 Å². The molecule has 2 aromatic heterocycles. The molecule has 31 heavy (non-hydrogen) atoms. The number of benzene rings is 3. The molecule has 0 atom stereocenters. The predicted molar refractivity (Wildman–Crippen MR) is 129 cm³/mol. The summed E-state index contributed by atoms with van der Waals surface area (Å²) in [6.45, 7) is 1.97. The maximum atomic E-state index is 4.84. The van der Waals surface area contributed by atoms with Crippen LogP contribution in [-0.2, 0) is 0 Å². The van der Waals surface area contributed by atoms with Crippen LogP contribution in [0, 0.1) is 6.92 Å². The van der Waals surface area contributed by atoms with Crippen LogP contribution in [0.25, 0.3) is 16.7 Å². The summed E-state index contributed by atoms with van der Waals surface area (Å²) in [5.74, 6) is 2.07. The summed E-state index contributed by atoms with van der Waals surface area (Å²) in [5, 5.41) is 11.5. The molecule has 5 rings (SSSR count). The number of rotatable bonds is 5. The highest BCUT2D eigenvalue weighted by Gasteiger charge is 2.14. The van der Waals surface area contributed by atoms with Gasteiger partial charge in [-0.05, 0) is 55.5 Å². The van der Waals surface area contributed by atoms with Crippen LogP contribution in [0.3, 0.4) is 0 Å². The molecule has 0 amide bonds. The van der Waals surface area contributed by atoms with E-state index in [4.69, 9.17) is 9.97 Å². The van der Waals surface area contributed by atoms with Gasteiger partial charge in [-0.15, -0.1) is 0 Å². The summed E-state index contributed by atoms with van der Waals surface area (Å²) in [6.07, 6.45) is 0. The molecule has 0 aliphatic heterocycles. The Morgan fingerprint density at radius 2 is 1.35 bits per heavy atom. The third-order valence-electron chi connectivity index (χ3n) is 4.76. The van der Waals surface area contributed by atoms with Gasteiger partial charge in [0.1, 0.15) is 5.82 Å². The van der Waals surface area contributed by atoms with Gasteiger partial charge in [0.2, 0.25) is 0 Å². The average Bonchev–Trinajstić information content (AvgIpc) is 3.16. The van der Waals surface area contributed by atoms with Gasteiger partial charge in [0, 0.05) is 16.2 Å². The topological polar surface area (TPSA) is 67.7 Å². The summed E-state index contributed by atoms with van der Waals surface area (Å²) >= 11 is 3.48. The first-order chi connectivity index (χ1) is 15.2. The number of halogens is 1. The second kappa shape index (κ2) is 8.20. The predicted octanol–water partition coefficient (Wildman–Crippen LogP) is 6.37. The fourth-order valence-electron chi connectivity index (χ4n) is 3.32. The van der Waals surface area contributed by atoms with Gasteiger partial charge in [0.25, 0.3) is 0 Å². The van der Waals surface area contributed by atoms with Crippen LogP contribution in [0.5, 0.6) is 0 Å². The minimum absolute atomic E-state index is 0.624. The highest BCUT2D eigenvalue weighted by molar-refractivity contribution is 9.10. The summed E-state index contributed by atoms with van der Waals surface area (Å²) in [5.41, 5.74) is 4.43. The van der Waals surface area contributed by atoms with Crippen molar-refractivity contribution in [2.24, 2.45) is 0 Å². The van der Waals surface area contributed by atoms with Crippen molar-refractivity contribution in [3.8, 4) is 5.69 Å². The van der Waals surface area contributed by atoms with E-state index in [0.29, 0.717) is 11.6 Å². The summed E-state index contributed by atoms with van der Waals surface area (Å²) in [7, 11) is 0. The molecule has 5 aromatic rings. The fraction of sp³-hybridized carbons (Fsp3) is 0.0417. The number of hydrogen-bond acceptors (Lipinski definition) is 5. The molecule has 7 heteroatoms. The minimum atomic E-state index is 0.624. The van der Waals surface area contributed by atoms with Gasteiger partial charge < -0.3 is 10.6 Å². The van der Waals surface area contributed by atoms with E-state index in [1.54, 1.807) is 0 Å². The largest absolute Gasteiger partial charge is 0.337 e. The summed E-state index contributed by atoms with van der Waals surface area (Å²) < 4.78 is 2.89. The lowest BCUT2D eigenvalue weighted by atomic mass is 10.3. The maximum absolute atomic E-state index is 4.84. The Hall–Kier alpha value is -3.71. The lowest BCUT2D eigenvalue weighted by molar-refractivity contribution is 0.868.